The molecule has 144 valence electrons. The number of rotatable bonds is 4. The van der Waals surface area contributed by atoms with Gasteiger partial charge in [0, 0.05) is 18.2 Å². The standard InChI is InChI=1S/C16H22N2O7S/c1-8(19)24-6-9-7-26-13-10(17-15(22)25-16(2,3)4)12(20)18(13)11(9)14(21)23-5/h10,13H,6-7H2,1-5H3,(H,17,22)/t10-,13-/m1/s1. The summed E-state index contributed by atoms with van der Waals surface area (Å²) in [4.78, 5) is 48.9. The maximum absolute atomic E-state index is 12.5. The number of esters is 2. The van der Waals surface area contributed by atoms with E-state index in [-0.39, 0.29) is 12.3 Å². The van der Waals surface area contributed by atoms with Gasteiger partial charge in [-0.1, -0.05) is 0 Å². The van der Waals surface area contributed by atoms with Gasteiger partial charge in [0.15, 0.2) is 0 Å². The van der Waals surface area contributed by atoms with Gasteiger partial charge in [0.1, 0.15) is 29.3 Å². The lowest BCUT2D eigenvalue weighted by molar-refractivity contribution is -0.150. The van der Waals surface area contributed by atoms with Gasteiger partial charge in [0.2, 0.25) is 0 Å². The second-order valence-corrected chi connectivity index (χ2v) is 7.86. The van der Waals surface area contributed by atoms with Gasteiger partial charge in [-0.05, 0) is 20.8 Å². The van der Waals surface area contributed by atoms with Gasteiger partial charge in [0.05, 0.1) is 7.11 Å². The first-order valence-corrected chi connectivity index (χ1v) is 8.98. The molecule has 2 aliphatic rings. The Bertz CT molecular complexity index is 668. The molecular weight excluding hydrogens is 364 g/mol. The van der Waals surface area contributed by atoms with E-state index in [9.17, 15) is 19.2 Å². The summed E-state index contributed by atoms with van der Waals surface area (Å²) >= 11 is 1.35. The van der Waals surface area contributed by atoms with Gasteiger partial charge in [-0.2, -0.15) is 0 Å². The van der Waals surface area contributed by atoms with Crippen molar-refractivity contribution in [3.63, 3.8) is 0 Å². The zero-order valence-corrected chi connectivity index (χ0v) is 16.1. The average molecular weight is 386 g/mol. The van der Waals surface area contributed by atoms with Crippen molar-refractivity contribution in [3.05, 3.63) is 11.3 Å². The molecule has 2 amide bonds. The third kappa shape index (κ3) is 4.29. The number of hydrogen-bond donors (Lipinski definition) is 1. The molecule has 1 fully saturated rings. The van der Waals surface area contributed by atoms with Gasteiger partial charge >= 0.3 is 18.0 Å². The van der Waals surface area contributed by atoms with E-state index in [0.29, 0.717) is 11.3 Å². The molecular formula is C16H22N2O7S. The van der Waals surface area contributed by atoms with E-state index in [1.807, 2.05) is 0 Å². The first-order chi connectivity index (χ1) is 12.0. The topological polar surface area (TPSA) is 111 Å². The minimum absolute atomic E-state index is 0.0599. The largest absolute Gasteiger partial charge is 0.464 e. The van der Waals surface area contributed by atoms with Crippen LogP contribution in [0.1, 0.15) is 27.7 Å². The minimum atomic E-state index is -0.801. The highest BCUT2D eigenvalue weighted by Crippen LogP contribution is 2.40. The molecule has 2 rings (SSSR count). The average Bonchev–Trinajstić information content (AvgIpc) is 2.54. The van der Waals surface area contributed by atoms with E-state index in [0.717, 1.165) is 0 Å². The summed E-state index contributed by atoms with van der Waals surface area (Å²) in [6, 6.07) is -0.801. The van der Waals surface area contributed by atoms with Crippen LogP contribution in [0.5, 0.6) is 0 Å². The Hall–Kier alpha value is -2.23. The van der Waals surface area contributed by atoms with E-state index in [2.05, 4.69) is 5.32 Å². The van der Waals surface area contributed by atoms with E-state index in [1.54, 1.807) is 20.8 Å². The predicted octanol–water partition coefficient (Wildman–Crippen LogP) is 0.785. The quantitative estimate of drug-likeness (QED) is 0.429. The van der Waals surface area contributed by atoms with Crippen molar-refractivity contribution in [1.82, 2.24) is 10.2 Å². The van der Waals surface area contributed by atoms with E-state index in [4.69, 9.17) is 14.2 Å². The highest BCUT2D eigenvalue weighted by molar-refractivity contribution is 8.00. The third-order valence-electron chi connectivity index (χ3n) is 3.55. The fourth-order valence-electron chi connectivity index (χ4n) is 2.50. The highest BCUT2D eigenvalue weighted by Gasteiger charge is 2.54. The van der Waals surface area contributed by atoms with Crippen LogP contribution in [-0.2, 0) is 28.6 Å². The maximum atomic E-state index is 12.5. The normalized spacial score (nSPS) is 22.2. The van der Waals surface area contributed by atoms with Gasteiger partial charge < -0.3 is 19.5 Å². The highest BCUT2D eigenvalue weighted by atomic mass is 32.2. The molecule has 0 saturated carbocycles. The van der Waals surface area contributed by atoms with Crippen LogP contribution < -0.4 is 5.32 Å². The van der Waals surface area contributed by atoms with Crippen molar-refractivity contribution < 1.29 is 33.4 Å². The summed E-state index contributed by atoms with van der Waals surface area (Å²) in [5, 5.41) is 2.08. The smallest absolute Gasteiger partial charge is 0.408 e. The van der Waals surface area contributed by atoms with Gasteiger partial charge in [-0.15, -0.1) is 11.8 Å². The molecule has 1 N–H and O–H groups in total. The number of ether oxygens (including phenoxy) is 3. The second kappa shape index (κ2) is 7.56. The summed E-state index contributed by atoms with van der Waals surface area (Å²) in [7, 11) is 1.20. The number of carbonyl (C=O) groups excluding carboxylic acids is 4. The van der Waals surface area contributed by atoms with Crippen LogP contribution >= 0.6 is 11.8 Å². The van der Waals surface area contributed by atoms with Crippen LogP contribution in [0.2, 0.25) is 0 Å². The van der Waals surface area contributed by atoms with Crippen LogP contribution in [0.15, 0.2) is 11.3 Å². The minimum Gasteiger partial charge on any atom is -0.464 e. The zero-order chi connectivity index (χ0) is 19.6. The molecule has 10 heteroatoms. The molecule has 2 atom stereocenters. The summed E-state index contributed by atoms with van der Waals surface area (Å²) in [5.41, 5.74) is -0.146. The first kappa shape index (κ1) is 20.1. The molecule has 0 aromatic carbocycles. The van der Waals surface area contributed by atoms with Crippen LogP contribution in [0, 0.1) is 0 Å². The molecule has 0 bridgehead atoms. The number of hydrogen-bond acceptors (Lipinski definition) is 8. The summed E-state index contributed by atoms with van der Waals surface area (Å²) in [6.07, 6.45) is -0.703. The molecule has 2 aliphatic heterocycles. The monoisotopic (exact) mass is 386 g/mol. The Morgan fingerprint density at radius 3 is 2.50 bits per heavy atom. The molecule has 0 spiro atoms. The molecule has 0 radical (unpaired) electrons. The third-order valence-corrected chi connectivity index (χ3v) is 4.89. The number of methoxy groups -OCH3 is 1. The number of thioether (sulfide) groups is 1. The Morgan fingerprint density at radius 1 is 1.31 bits per heavy atom. The SMILES string of the molecule is COC(=O)C1=C(COC(C)=O)CS[C@@H]2[C@H](NC(=O)OC(C)(C)C)C(=O)N12. The van der Waals surface area contributed by atoms with Crippen molar-refractivity contribution in [2.45, 2.75) is 44.7 Å². The summed E-state index contributed by atoms with van der Waals surface area (Å²) < 4.78 is 14.9. The van der Waals surface area contributed by atoms with Crippen LogP contribution in [0.3, 0.4) is 0 Å². The Kier molecular flexibility index (Phi) is 5.84. The molecule has 26 heavy (non-hydrogen) atoms. The molecule has 0 aromatic rings. The summed E-state index contributed by atoms with van der Waals surface area (Å²) in [5.74, 6) is -1.28. The number of fused-ring (bicyclic) bond motifs is 1. The zero-order valence-electron chi connectivity index (χ0n) is 15.3. The fraction of sp³-hybridized carbons (Fsp3) is 0.625. The lowest BCUT2D eigenvalue weighted by atomic mass is 10.0. The van der Waals surface area contributed by atoms with E-state index < -0.39 is 41.0 Å². The molecule has 2 heterocycles. The van der Waals surface area contributed by atoms with Crippen LogP contribution in [0.4, 0.5) is 4.79 Å². The van der Waals surface area contributed by atoms with Crippen molar-refractivity contribution in [2.24, 2.45) is 0 Å². The van der Waals surface area contributed by atoms with Crippen LogP contribution in [-0.4, -0.2) is 65.3 Å². The Labute approximate surface area is 155 Å². The first-order valence-electron chi connectivity index (χ1n) is 7.93. The predicted molar refractivity (Wildman–Crippen MR) is 91.9 cm³/mol. The Balaban J connectivity index is 2.15. The van der Waals surface area contributed by atoms with Gasteiger partial charge in [-0.25, -0.2) is 9.59 Å². The fourth-order valence-corrected chi connectivity index (χ4v) is 3.83. The molecule has 1 saturated heterocycles. The van der Waals surface area contributed by atoms with Crippen molar-refractivity contribution in [3.8, 4) is 0 Å². The number of nitrogens with zero attached hydrogens (tertiary/aromatic N) is 1. The second-order valence-electron chi connectivity index (χ2n) is 6.76. The number of nitrogens with one attached hydrogen (secondary N) is 1. The number of amides is 2. The lowest BCUT2D eigenvalue weighted by Gasteiger charge is -2.49. The lowest BCUT2D eigenvalue weighted by Crippen LogP contribution is -2.70. The molecule has 0 unspecified atom stereocenters. The van der Waals surface area contributed by atoms with Crippen molar-refractivity contribution in [2.75, 3.05) is 19.5 Å². The van der Waals surface area contributed by atoms with Crippen LogP contribution in [0.25, 0.3) is 0 Å². The van der Waals surface area contributed by atoms with Gasteiger partial charge in [0.25, 0.3) is 5.91 Å². The molecule has 9 nitrogen and oxygen atoms in total. The van der Waals surface area contributed by atoms with Gasteiger partial charge in [-0.3, -0.25) is 14.5 Å². The number of carbonyl (C=O) groups is 4. The van der Waals surface area contributed by atoms with Crippen molar-refractivity contribution >= 4 is 35.7 Å². The van der Waals surface area contributed by atoms with Crippen molar-refractivity contribution in [1.29, 1.82) is 0 Å². The van der Waals surface area contributed by atoms with E-state index in [1.165, 1.54) is 30.7 Å². The molecule has 0 aliphatic carbocycles. The Morgan fingerprint density at radius 2 is 1.96 bits per heavy atom. The van der Waals surface area contributed by atoms with E-state index >= 15 is 0 Å². The molecule has 0 aromatic heterocycles. The number of alkyl carbamates (subject to hydrolysis) is 1. The number of β-lactam (4-membered cyclic amide) rings is 1. The maximum Gasteiger partial charge on any atom is 0.408 e. The summed E-state index contributed by atoms with van der Waals surface area (Å²) in [6.45, 7) is 6.31.